The Morgan fingerprint density at radius 2 is 1.16 bits per heavy atom. The first kappa shape index (κ1) is 45.1. The van der Waals surface area contributed by atoms with Crippen molar-refractivity contribution < 1.29 is 25.8 Å². The summed E-state index contributed by atoms with van der Waals surface area (Å²) in [6, 6.07) is 63.7. The minimum absolute atomic E-state index is 0. The summed E-state index contributed by atoms with van der Waals surface area (Å²) >= 11 is 0. The van der Waals surface area contributed by atoms with E-state index in [0.717, 1.165) is 55.9 Å². The second-order valence-corrected chi connectivity index (χ2v) is 19.7. The molecule has 0 amide bonds. The van der Waals surface area contributed by atoms with Crippen molar-refractivity contribution in [3.63, 3.8) is 0 Å². The van der Waals surface area contributed by atoms with E-state index in [1.807, 2.05) is 12.3 Å². The van der Waals surface area contributed by atoms with Crippen LogP contribution in [0.25, 0.3) is 77.4 Å². The van der Waals surface area contributed by atoms with Gasteiger partial charge < -0.3 is 23.7 Å². The molecular weight excluding hydrogens is 1040 g/mol. The van der Waals surface area contributed by atoms with Gasteiger partial charge in [-0.1, -0.05) is 129 Å². The Balaban J connectivity index is 0.00000533. The summed E-state index contributed by atoms with van der Waals surface area (Å²) in [7, 11) is 2.08. The van der Waals surface area contributed by atoms with Gasteiger partial charge in [0.05, 0.1) is 16.7 Å². The summed E-state index contributed by atoms with van der Waals surface area (Å²) in [6.07, 6.45) is 1.96. The van der Waals surface area contributed by atoms with Gasteiger partial charge in [0.1, 0.15) is 5.82 Å². The maximum absolute atomic E-state index is 6.86. The van der Waals surface area contributed by atoms with Crippen LogP contribution < -0.4 is 14.5 Å². The van der Waals surface area contributed by atoms with E-state index in [0.29, 0.717) is 11.5 Å². The zero-order valence-corrected chi connectivity index (χ0v) is 42.9. The van der Waals surface area contributed by atoms with E-state index in [1.54, 1.807) is 0 Å². The van der Waals surface area contributed by atoms with Crippen LogP contribution in [0.1, 0.15) is 48.6 Å². The maximum atomic E-state index is 6.86. The first-order chi connectivity index (χ1) is 33.4. The molecule has 3 aromatic heterocycles. The van der Waals surface area contributed by atoms with Crippen molar-refractivity contribution in [2.24, 2.45) is 0 Å². The fraction of sp³-hybridized carbons (Fsp3) is 0.143. The summed E-state index contributed by atoms with van der Waals surface area (Å²) < 4.78 is 11.6. The number of hydrogen-bond donors (Lipinski definition) is 0. The Labute approximate surface area is 424 Å². The van der Waals surface area contributed by atoms with Crippen molar-refractivity contribution in [3.8, 4) is 45.3 Å². The number of aromatic nitrogens is 3. The van der Waals surface area contributed by atoms with Crippen LogP contribution in [0.3, 0.4) is 0 Å². The van der Waals surface area contributed by atoms with Gasteiger partial charge in [0.25, 0.3) is 0 Å². The third-order valence-electron chi connectivity index (χ3n) is 14.0. The number of pyridine rings is 1. The van der Waals surface area contributed by atoms with Crippen LogP contribution in [-0.2, 0) is 26.5 Å². The molecule has 1 aliphatic heterocycles. The fourth-order valence-corrected chi connectivity index (χ4v) is 10.9. The largest absolute Gasteiger partial charge is 0.509 e. The molecule has 4 heterocycles. The number of benzene rings is 8. The Hall–Kier alpha value is -7.40. The Morgan fingerprint density at radius 3 is 1.80 bits per heavy atom. The molecule has 6 nitrogen and oxygen atoms in total. The SMILES string of the molecule is Cc1cc(C)c2c3c(C)cc(C)c(-c4ccccc4)c3n(-c3ccnc(-n4c5[c-]c(Oc6[c-]c(N7[CH-]N(C)c8ccccc87)cc(C(C)(C)C)c6)ccc5c5ccccc54)c3)c2c1-c1ccccc1.[Pt]. The van der Waals surface area contributed by atoms with Crippen LogP contribution in [-0.4, -0.2) is 21.2 Å². The van der Waals surface area contributed by atoms with E-state index in [-0.39, 0.29) is 26.5 Å². The second kappa shape index (κ2) is 17.2. The molecule has 12 rings (SSSR count). The molecule has 0 saturated carbocycles. The van der Waals surface area contributed by atoms with Gasteiger partial charge in [0, 0.05) is 83.6 Å². The molecule has 0 atom stereocenters. The summed E-state index contributed by atoms with van der Waals surface area (Å²) in [5, 5.41) is 4.72. The van der Waals surface area contributed by atoms with Crippen LogP contribution >= 0.6 is 0 Å². The van der Waals surface area contributed by atoms with Gasteiger partial charge in [-0.25, -0.2) is 4.98 Å². The molecule has 0 aliphatic carbocycles. The molecule has 11 aromatic rings. The summed E-state index contributed by atoms with van der Waals surface area (Å²) in [6.45, 7) is 17.8. The molecule has 1 aliphatic rings. The Morgan fingerprint density at radius 1 is 0.557 bits per heavy atom. The molecular formula is C63H52N5OPt-3. The predicted molar refractivity (Wildman–Crippen MR) is 287 cm³/mol. The minimum atomic E-state index is -0.140. The third kappa shape index (κ3) is 7.31. The standard InChI is InChI=1S/C63H52N5O.Pt/c1-39-31-41(3)59-60-42(4)32-40(2)58(44-21-13-10-14-22-44)62(60)67(61(59)57(39)43-19-11-9-12-20-43)46-29-30-64-56(36-46)68-52-24-16-15-23-50(52)51-28-27-48(37-55(51)68)69-49-34-45(63(5,6)7)33-47(35-49)66-38-65(8)53-25-17-18-26-54(53)66;/h9-34,36,38H,1-8H3;/q-3;. The number of hydrogen-bond acceptors (Lipinski definition) is 4. The van der Waals surface area contributed by atoms with Crippen molar-refractivity contribution in [3.05, 3.63) is 211 Å². The molecule has 0 saturated heterocycles. The summed E-state index contributed by atoms with van der Waals surface area (Å²) in [5.74, 6) is 2.01. The number of rotatable bonds is 7. The molecule has 348 valence electrons. The van der Waals surface area contributed by atoms with E-state index in [4.69, 9.17) is 9.72 Å². The Bertz CT molecular complexity index is 3730. The van der Waals surface area contributed by atoms with Crippen molar-refractivity contribution in [1.82, 2.24) is 14.1 Å². The van der Waals surface area contributed by atoms with Gasteiger partial charge in [-0.2, -0.15) is 12.7 Å². The van der Waals surface area contributed by atoms with Gasteiger partial charge in [0.15, 0.2) is 0 Å². The van der Waals surface area contributed by atoms with Gasteiger partial charge in [0.2, 0.25) is 0 Å². The van der Waals surface area contributed by atoms with Crippen molar-refractivity contribution in [2.45, 2.75) is 53.9 Å². The van der Waals surface area contributed by atoms with Gasteiger partial charge in [-0.3, -0.25) is 0 Å². The Kier molecular flexibility index (Phi) is 11.1. The average molecular weight is 1090 g/mol. The minimum Gasteiger partial charge on any atom is -0.509 e. The number of fused-ring (bicyclic) bond motifs is 7. The first-order valence-electron chi connectivity index (χ1n) is 23.8. The maximum Gasteiger partial charge on any atom is 0.137 e. The van der Waals surface area contributed by atoms with E-state index in [2.05, 4.69) is 245 Å². The first-order valence-corrected chi connectivity index (χ1v) is 23.8. The predicted octanol–water partition coefficient (Wildman–Crippen LogP) is 16.2. The van der Waals surface area contributed by atoms with Crippen LogP contribution in [0.4, 0.5) is 17.1 Å². The fourth-order valence-electron chi connectivity index (χ4n) is 10.9. The summed E-state index contributed by atoms with van der Waals surface area (Å²) in [4.78, 5) is 9.52. The molecule has 70 heavy (non-hydrogen) atoms. The normalized spacial score (nSPS) is 12.6. The number of nitrogens with zero attached hydrogens (tertiary/aromatic N) is 5. The van der Waals surface area contributed by atoms with Gasteiger partial charge in [-0.05, 0) is 103 Å². The average Bonchev–Trinajstić information content (AvgIpc) is 4.00. The number of para-hydroxylation sites is 3. The van der Waals surface area contributed by atoms with Gasteiger partial charge >= 0.3 is 0 Å². The quantitative estimate of drug-likeness (QED) is 0.149. The zero-order chi connectivity index (χ0) is 47.3. The van der Waals surface area contributed by atoms with Crippen molar-refractivity contribution >= 4 is 60.7 Å². The van der Waals surface area contributed by atoms with E-state index < -0.39 is 0 Å². The molecule has 0 unspecified atom stereocenters. The molecule has 0 fully saturated rings. The molecule has 8 aromatic carbocycles. The molecule has 0 radical (unpaired) electrons. The van der Waals surface area contributed by atoms with Crippen LogP contribution in [0, 0.1) is 46.5 Å². The van der Waals surface area contributed by atoms with Crippen molar-refractivity contribution in [1.29, 1.82) is 0 Å². The zero-order valence-electron chi connectivity index (χ0n) is 40.6. The number of aryl methyl sites for hydroxylation is 4. The monoisotopic (exact) mass is 1090 g/mol. The second-order valence-electron chi connectivity index (χ2n) is 19.7. The van der Waals surface area contributed by atoms with Gasteiger partial charge in [-0.15, -0.1) is 47.0 Å². The smallest absolute Gasteiger partial charge is 0.137 e. The van der Waals surface area contributed by atoms with Crippen LogP contribution in [0.15, 0.2) is 164 Å². The van der Waals surface area contributed by atoms with E-state index in [1.165, 1.54) is 66.3 Å². The third-order valence-corrected chi connectivity index (χ3v) is 14.0. The van der Waals surface area contributed by atoms with Crippen LogP contribution in [0.5, 0.6) is 11.5 Å². The molecule has 7 heteroatoms. The van der Waals surface area contributed by atoms with Crippen molar-refractivity contribution in [2.75, 3.05) is 16.8 Å². The van der Waals surface area contributed by atoms with E-state index in [9.17, 15) is 0 Å². The van der Waals surface area contributed by atoms with Crippen LogP contribution in [0.2, 0.25) is 0 Å². The van der Waals surface area contributed by atoms with E-state index >= 15 is 0 Å². The molecule has 0 bridgehead atoms. The molecule has 0 N–H and O–H groups in total. The topological polar surface area (TPSA) is 38.5 Å². The number of anilines is 3. The molecule has 0 spiro atoms. The summed E-state index contributed by atoms with van der Waals surface area (Å²) in [5.41, 5.74) is 19.3. The number of ether oxygens (including phenoxy) is 1.